The van der Waals surface area contributed by atoms with Crippen LogP contribution in [-0.2, 0) is 15.3 Å². The molecule has 1 N–H and O–H groups in total. The number of carbonyl (C=O) groups is 1. The lowest BCUT2D eigenvalue weighted by atomic mass is 9.87. The minimum atomic E-state index is -0.138. The molecule has 0 saturated carbocycles. The zero-order valence-corrected chi connectivity index (χ0v) is 24.1. The maximum atomic E-state index is 11.8. The Morgan fingerprint density at radius 1 is 1.11 bits per heavy atom. The average Bonchev–Trinajstić information content (AvgIpc) is 3.03. The van der Waals surface area contributed by atoms with Crippen LogP contribution in [0.1, 0.15) is 64.9 Å². The van der Waals surface area contributed by atoms with Gasteiger partial charge in [-0.15, -0.1) is 23.5 Å². The van der Waals surface area contributed by atoms with Crippen molar-refractivity contribution in [1.29, 1.82) is 0 Å². The van der Waals surface area contributed by atoms with Crippen LogP contribution in [0.25, 0.3) is 0 Å². The van der Waals surface area contributed by atoms with Crippen LogP contribution in [0.15, 0.2) is 52.3 Å². The minimum Gasteiger partial charge on any atom is -0.465 e. The van der Waals surface area contributed by atoms with Crippen LogP contribution in [0.5, 0.6) is 0 Å². The van der Waals surface area contributed by atoms with Gasteiger partial charge in [-0.25, -0.2) is 0 Å². The Morgan fingerprint density at radius 2 is 1.83 bits per heavy atom. The molecule has 0 atom stereocenters. The number of fused-ring (bicyclic) bond motifs is 1. The van der Waals surface area contributed by atoms with Crippen molar-refractivity contribution in [3.63, 3.8) is 0 Å². The molecule has 4 nitrogen and oxygen atoms in total. The van der Waals surface area contributed by atoms with Crippen LogP contribution in [0.4, 0.5) is 11.4 Å². The number of anilines is 2. The molecule has 1 aliphatic heterocycles. The van der Waals surface area contributed by atoms with E-state index in [9.17, 15) is 4.79 Å². The molecule has 0 unspecified atom stereocenters. The molecule has 0 spiro atoms. The van der Waals surface area contributed by atoms with Crippen molar-refractivity contribution in [2.24, 2.45) is 0 Å². The molecule has 2 aromatic carbocycles. The summed E-state index contributed by atoms with van der Waals surface area (Å²) in [5, 5.41) is 0. The summed E-state index contributed by atoms with van der Waals surface area (Å²) in [6, 6.07) is 15.5. The van der Waals surface area contributed by atoms with Crippen molar-refractivity contribution in [1.82, 2.24) is 4.72 Å². The van der Waals surface area contributed by atoms with Crippen molar-refractivity contribution in [3.05, 3.63) is 48.0 Å². The number of nitrogens with one attached hydrogen (secondary N) is 1. The molecule has 3 rings (SSSR count). The number of unbranched alkanes of at least 4 members (excludes halogenated alkanes) is 2. The van der Waals surface area contributed by atoms with Gasteiger partial charge in [0.25, 0.3) is 0 Å². The van der Waals surface area contributed by atoms with Gasteiger partial charge in [-0.1, -0.05) is 57.7 Å². The second-order valence-corrected chi connectivity index (χ2v) is 11.7. The van der Waals surface area contributed by atoms with E-state index in [2.05, 4.69) is 72.2 Å². The maximum Gasteiger partial charge on any atom is 0.315 e. The summed E-state index contributed by atoms with van der Waals surface area (Å²) in [6.45, 7) is 7.81. The highest BCUT2D eigenvalue weighted by Crippen LogP contribution is 2.44. The third-order valence-electron chi connectivity index (χ3n) is 6.36. The van der Waals surface area contributed by atoms with E-state index in [4.69, 9.17) is 4.74 Å². The fraction of sp³-hybridized carbons (Fsp3) is 0.536. The Kier molecular flexibility index (Phi) is 11.7. The van der Waals surface area contributed by atoms with Gasteiger partial charge in [0.05, 0.1) is 18.0 Å². The van der Waals surface area contributed by atoms with Crippen molar-refractivity contribution < 1.29 is 9.53 Å². The first kappa shape index (κ1) is 28.3. The highest BCUT2D eigenvalue weighted by atomic mass is 32.2. The molecule has 0 amide bonds. The molecule has 0 saturated heterocycles. The van der Waals surface area contributed by atoms with Gasteiger partial charge in [-0.2, -0.15) is 0 Å². The van der Waals surface area contributed by atoms with E-state index in [0.717, 1.165) is 12.3 Å². The molecule has 192 valence electrons. The summed E-state index contributed by atoms with van der Waals surface area (Å²) in [7, 11) is 0. The minimum absolute atomic E-state index is 0.0594. The summed E-state index contributed by atoms with van der Waals surface area (Å²) in [4.78, 5) is 16.9. The van der Waals surface area contributed by atoms with Gasteiger partial charge < -0.3 is 9.64 Å². The zero-order chi connectivity index (χ0) is 25.1. The predicted octanol–water partition coefficient (Wildman–Crippen LogP) is 8.07. The lowest BCUT2D eigenvalue weighted by Gasteiger charge is -2.38. The molecule has 2 aromatic rings. The van der Waals surface area contributed by atoms with E-state index in [0.29, 0.717) is 12.4 Å². The first-order chi connectivity index (χ1) is 17.1. The second kappa shape index (κ2) is 14.5. The fourth-order valence-electron chi connectivity index (χ4n) is 4.47. The van der Waals surface area contributed by atoms with E-state index in [1.807, 2.05) is 6.92 Å². The fourth-order valence-corrected chi connectivity index (χ4v) is 7.07. The highest BCUT2D eigenvalue weighted by molar-refractivity contribution is 8.00. The molecule has 1 aliphatic rings. The third-order valence-corrected chi connectivity index (χ3v) is 9.22. The number of hydrogen-bond donors (Lipinski definition) is 1. The molecular formula is C28H40N2O2S3. The lowest BCUT2D eigenvalue weighted by molar-refractivity contribution is -0.139. The second-order valence-electron chi connectivity index (χ2n) is 9.04. The van der Waals surface area contributed by atoms with Gasteiger partial charge in [0, 0.05) is 33.3 Å². The van der Waals surface area contributed by atoms with E-state index < -0.39 is 0 Å². The van der Waals surface area contributed by atoms with Gasteiger partial charge in [0.2, 0.25) is 0 Å². The third kappa shape index (κ3) is 7.85. The largest absolute Gasteiger partial charge is 0.465 e. The van der Waals surface area contributed by atoms with Crippen LogP contribution in [0.3, 0.4) is 0 Å². The van der Waals surface area contributed by atoms with Crippen molar-refractivity contribution in [2.75, 3.05) is 30.1 Å². The van der Waals surface area contributed by atoms with Gasteiger partial charge in [-0.3, -0.25) is 9.52 Å². The molecule has 0 aromatic heterocycles. The van der Waals surface area contributed by atoms with Crippen LogP contribution >= 0.6 is 35.5 Å². The number of nitrogens with zero attached hydrogens (tertiary/aromatic N) is 1. The van der Waals surface area contributed by atoms with E-state index in [-0.39, 0.29) is 11.5 Å². The summed E-state index contributed by atoms with van der Waals surface area (Å²) in [5.74, 6) is 1.04. The summed E-state index contributed by atoms with van der Waals surface area (Å²) < 4.78 is 9.07. The number of carbonyl (C=O) groups excluding carboxylic acids is 1. The number of esters is 1. The van der Waals surface area contributed by atoms with Gasteiger partial charge >= 0.3 is 5.97 Å². The zero-order valence-electron chi connectivity index (χ0n) is 21.6. The molecular weight excluding hydrogens is 493 g/mol. The first-order valence-corrected chi connectivity index (χ1v) is 16.0. The summed E-state index contributed by atoms with van der Waals surface area (Å²) in [6.07, 6.45) is 9.35. The standard InChI is InChI=1S/C28H40N2O2S3/c1-5-8-15-28(16-9-6-2)21-30(23-13-11-10-12-14-23)24-18-25(33-4)22(17-26(24)35-29-28)19-34-20-27(31)32-7-3/h10-14,17-18,29H,5-9,15-16,19-21H2,1-4H3. The topological polar surface area (TPSA) is 41.6 Å². The quantitative estimate of drug-likeness (QED) is 0.159. The molecule has 0 bridgehead atoms. The van der Waals surface area contributed by atoms with E-state index in [1.165, 1.54) is 65.3 Å². The lowest BCUT2D eigenvalue weighted by Crippen LogP contribution is -2.49. The molecule has 35 heavy (non-hydrogen) atoms. The first-order valence-electron chi connectivity index (χ1n) is 12.8. The molecule has 0 radical (unpaired) electrons. The van der Waals surface area contributed by atoms with Gasteiger partial charge in [0.1, 0.15) is 0 Å². The van der Waals surface area contributed by atoms with Gasteiger partial charge in [0.15, 0.2) is 0 Å². The highest BCUT2D eigenvalue weighted by Gasteiger charge is 2.36. The Hall–Kier alpha value is -1.28. The normalized spacial score (nSPS) is 14.9. The predicted molar refractivity (Wildman–Crippen MR) is 155 cm³/mol. The van der Waals surface area contributed by atoms with Crippen molar-refractivity contribution in [3.8, 4) is 0 Å². The molecule has 7 heteroatoms. The molecule has 0 fully saturated rings. The van der Waals surface area contributed by atoms with Gasteiger partial charge in [-0.05, 0) is 67.8 Å². The number of ether oxygens (including phenoxy) is 1. The number of thioether (sulfide) groups is 2. The summed E-state index contributed by atoms with van der Waals surface area (Å²) in [5.41, 5.74) is 3.85. The number of benzene rings is 2. The smallest absolute Gasteiger partial charge is 0.315 e. The number of para-hydroxylation sites is 1. The van der Waals surface area contributed by atoms with E-state index in [1.54, 1.807) is 35.5 Å². The summed E-state index contributed by atoms with van der Waals surface area (Å²) >= 11 is 5.21. The Morgan fingerprint density at radius 3 is 2.46 bits per heavy atom. The molecule has 0 aliphatic carbocycles. The average molecular weight is 533 g/mol. The van der Waals surface area contributed by atoms with Crippen LogP contribution in [-0.4, -0.2) is 36.7 Å². The van der Waals surface area contributed by atoms with Crippen molar-refractivity contribution >= 4 is 52.8 Å². The van der Waals surface area contributed by atoms with Crippen LogP contribution in [0, 0.1) is 0 Å². The van der Waals surface area contributed by atoms with Crippen molar-refractivity contribution in [2.45, 2.75) is 80.4 Å². The van der Waals surface area contributed by atoms with Crippen LogP contribution in [0.2, 0.25) is 0 Å². The van der Waals surface area contributed by atoms with E-state index >= 15 is 0 Å². The molecule has 1 heterocycles. The number of rotatable bonds is 13. The number of hydrogen-bond acceptors (Lipinski definition) is 7. The Labute approximate surface area is 224 Å². The maximum absolute atomic E-state index is 11.8. The van der Waals surface area contributed by atoms with Crippen LogP contribution < -0.4 is 9.62 Å². The Balaban J connectivity index is 1.97. The SMILES string of the molecule is CCCCC1(CCCC)CN(c2ccccc2)c2cc(SC)c(CSCC(=O)OCC)cc2SN1. The monoisotopic (exact) mass is 532 g/mol. The Bertz CT molecular complexity index is 931.